The molecular formula is C19H23N3O. The molecule has 0 saturated carbocycles. The van der Waals surface area contributed by atoms with Gasteiger partial charge in [0.2, 0.25) is 0 Å². The Balaban J connectivity index is 1.92. The van der Waals surface area contributed by atoms with Crippen LogP contribution >= 0.6 is 0 Å². The summed E-state index contributed by atoms with van der Waals surface area (Å²) in [5.74, 6) is 0.121. The van der Waals surface area contributed by atoms with Crippen molar-refractivity contribution in [2.24, 2.45) is 0 Å². The molecule has 0 unspecified atom stereocenters. The largest absolute Gasteiger partial charge is 0.377 e. The van der Waals surface area contributed by atoms with Crippen LogP contribution in [0.25, 0.3) is 11.3 Å². The number of hydrogen-bond donors (Lipinski definition) is 0. The lowest BCUT2D eigenvalue weighted by atomic mass is 10.0. The Kier molecular flexibility index (Phi) is 4.60. The average molecular weight is 309 g/mol. The molecule has 1 saturated heterocycles. The van der Waals surface area contributed by atoms with Crippen molar-refractivity contribution in [2.75, 3.05) is 32.1 Å². The number of pyridine rings is 1. The number of benzene rings is 1. The summed E-state index contributed by atoms with van der Waals surface area (Å²) in [6, 6.07) is 11.9. The lowest BCUT2D eigenvalue weighted by molar-refractivity contribution is 0.0724. The summed E-state index contributed by atoms with van der Waals surface area (Å²) in [7, 11) is 4.03. The second-order valence-electron chi connectivity index (χ2n) is 6.19. The zero-order chi connectivity index (χ0) is 16.2. The van der Waals surface area contributed by atoms with Crippen LogP contribution in [-0.2, 0) is 0 Å². The van der Waals surface area contributed by atoms with E-state index in [1.54, 1.807) is 6.20 Å². The molecule has 4 heteroatoms. The molecular weight excluding hydrogens is 286 g/mol. The van der Waals surface area contributed by atoms with Gasteiger partial charge in [0, 0.05) is 50.2 Å². The van der Waals surface area contributed by atoms with Gasteiger partial charge in [-0.3, -0.25) is 9.78 Å². The van der Waals surface area contributed by atoms with Crippen LogP contribution in [0.5, 0.6) is 0 Å². The predicted molar refractivity (Wildman–Crippen MR) is 93.8 cm³/mol. The number of hydrogen-bond acceptors (Lipinski definition) is 3. The van der Waals surface area contributed by atoms with Crippen molar-refractivity contribution in [1.29, 1.82) is 0 Å². The summed E-state index contributed by atoms with van der Waals surface area (Å²) in [5, 5.41) is 0. The molecule has 0 bridgehead atoms. The molecule has 2 heterocycles. The zero-order valence-corrected chi connectivity index (χ0v) is 13.8. The van der Waals surface area contributed by atoms with Crippen LogP contribution in [-0.4, -0.2) is 43.0 Å². The lowest BCUT2D eigenvalue weighted by Crippen LogP contribution is -2.35. The quantitative estimate of drug-likeness (QED) is 0.871. The van der Waals surface area contributed by atoms with Crippen molar-refractivity contribution in [2.45, 2.75) is 19.3 Å². The van der Waals surface area contributed by atoms with Crippen molar-refractivity contribution in [3.8, 4) is 11.3 Å². The molecule has 0 radical (unpaired) electrons. The van der Waals surface area contributed by atoms with E-state index in [2.05, 4.69) is 16.0 Å². The average Bonchev–Trinajstić information content (AvgIpc) is 2.62. The van der Waals surface area contributed by atoms with E-state index in [9.17, 15) is 4.79 Å². The molecule has 0 spiro atoms. The molecule has 1 aromatic carbocycles. The van der Waals surface area contributed by atoms with Gasteiger partial charge in [-0.25, -0.2) is 0 Å². The Labute approximate surface area is 137 Å². The summed E-state index contributed by atoms with van der Waals surface area (Å²) in [5.41, 5.74) is 3.72. The maximum atomic E-state index is 12.7. The maximum Gasteiger partial charge on any atom is 0.253 e. The maximum absolute atomic E-state index is 12.7. The third-order valence-corrected chi connectivity index (χ3v) is 4.31. The fraction of sp³-hybridized carbons (Fsp3) is 0.368. The Morgan fingerprint density at radius 3 is 2.57 bits per heavy atom. The number of carbonyl (C=O) groups is 1. The van der Waals surface area contributed by atoms with Gasteiger partial charge in [0.25, 0.3) is 5.91 Å². The van der Waals surface area contributed by atoms with E-state index in [-0.39, 0.29) is 5.91 Å². The van der Waals surface area contributed by atoms with Crippen LogP contribution in [0.1, 0.15) is 29.6 Å². The van der Waals surface area contributed by atoms with Gasteiger partial charge in [0.1, 0.15) is 0 Å². The van der Waals surface area contributed by atoms with Gasteiger partial charge in [-0.05, 0) is 37.5 Å². The molecule has 1 aliphatic heterocycles. The van der Waals surface area contributed by atoms with Gasteiger partial charge in [-0.15, -0.1) is 0 Å². The van der Waals surface area contributed by atoms with Crippen LogP contribution in [0.4, 0.5) is 5.69 Å². The standard InChI is InChI=1S/C19H23N3O/c1-21(2)18-9-5-4-8-16(18)17-14-15(10-11-20-17)19(23)22-12-6-3-7-13-22/h4-5,8-11,14H,3,6-7,12-13H2,1-2H3. The summed E-state index contributed by atoms with van der Waals surface area (Å²) >= 11 is 0. The van der Waals surface area contributed by atoms with Gasteiger partial charge in [-0.1, -0.05) is 18.2 Å². The number of para-hydroxylation sites is 1. The van der Waals surface area contributed by atoms with Crippen molar-refractivity contribution in [3.05, 3.63) is 48.2 Å². The van der Waals surface area contributed by atoms with Crippen LogP contribution in [0.2, 0.25) is 0 Å². The molecule has 120 valence electrons. The first kappa shape index (κ1) is 15.5. The summed E-state index contributed by atoms with van der Waals surface area (Å²) in [4.78, 5) is 21.2. The number of likely N-dealkylation sites (tertiary alicyclic amines) is 1. The van der Waals surface area contributed by atoms with E-state index in [1.807, 2.05) is 49.3 Å². The third kappa shape index (κ3) is 3.36. The lowest BCUT2D eigenvalue weighted by Gasteiger charge is -2.26. The first-order valence-electron chi connectivity index (χ1n) is 8.19. The number of rotatable bonds is 3. The Bertz CT molecular complexity index is 691. The number of piperidine rings is 1. The number of amides is 1. The van der Waals surface area contributed by atoms with Gasteiger partial charge in [-0.2, -0.15) is 0 Å². The molecule has 1 amide bonds. The summed E-state index contributed by atoms with van der Waals surface area (Å²) in [6.07, 6.45) is 5.17. The van der Waals surface area contributed by atoms with Crippen molar-refractivity contribution < 1.29 is 4.79 Å². The van der Waals surface area contributed by atoms with E-state index in [0.29, 0.717) is 0 Å². The smallest absolute Gasteiger partial charge is 0.253 e. The normalized spacial score (nSPS) is 14.6. The minimum absolute atomic E-state index is 0.121. The number of aromatic nitrogens is 1. The van der Waals surface area contributed by atoms with Crippen LogP contribution in [0.15, 0.2) is 42.6 Å². The molecule has 4 nitrogen and oxygen atoms in total. The van der Waals surface area contributed by atoms with E-state index in [1.165, 1.54) is 6.42 Å². The highest BCUT2D eigenvalue weighted by Gasteiger charge is 2.19. The highest BCUT2D eigenvalue weighted by Crippen LogP contribution is 2.28. The number of carbonyl (C=O) groups excluding carboxylic acids is 1. The van der Waals surface area contributed by atoms with E-state index in [0.717, 1.165) is 48.4 Å². The molecule has 0 atom stereocenters. The topological polar surface area (TPSA) is 36.4 Å². The number of anilines is 1. The van der Waals surface area contributed by atoms with Crippen molar-refractivity contribution in [3.63, 3.8) is 0 Å². The first-order chi connectivity index (χ1) is 11.2. The molecule has 2 aromatic rings. The van der Waals surface area contributed by atoms with Crippen LogP contribution in [0.3, 0.4) is 0 Å². The summed E-state index contributed by atoms with van der Waals surface area (Å²) in [6.45, 7) is 1.73. The van der Waals surface area contributed by atoms with Crippen molar-refractivity contribution in [1.82, 2.24) is 9.88 Å². The van der Waals surface area contributed by atoms with Gasteiger partial charge in [0.15, 0.2) is 0 Å². The van der Waals surface area contributed by atoms with Gasteiger partial charge < -0.3 is 9.80 Å². The summed E-state index contributed by atoms with van der Waals surface area (Å²) < 4.78 is 0. The highest BCUT2D eigenvalue weighted by molar-refractivity contribution is 5.95. The SMILES string of the molecule is CN(C)c1ccccc1-c1cc(C(=O)N2CCCCC2)ccn1. The third-order valence-electron chi connectivity index (χ3n) is 4.31. The molecule has 23 heavy (non-hydrogen) atoms. The molecule has 0 N–H and O–H groups in total. The predicted octanol–water partition coefficient (Wildman–Crippen LogP) is 3.44. The second kappa shape index (κ2) is 6.82. The Morgan fingerprint density at radius 1 is 1.09 bits per heavy atom. The van der Waals surface area contributed by atoms with Gasteiger partial charge >= 0.3 is 0 Å². The van der Waals surface area contributed by atoms with Crippen LogP contribution in [0, 0.1) is 0 Å². The van der Waals surface area contributed by atoms with E-state index in [4.69, 9.17) is 0 Å². The highest BCUT2D eigenvalue weighted by atomic mass is 16.2. The second-order valence-corrected chi connectivity index (χ2v) is 6.19. The molecule has 1 fully saturated rings. The monoisotopic (exact) mass is 309 g/mol. The molecule has 0 aliphatic carbocycles. The van der Waals surface area contributed by atoms with Crippen LogP contribution < -0.4 is 4.90 Å². The molecule has 3 rings (SSSR count). The Hall–Kier alpha value is -2.36. The molecule has 1 aromatic heterocycles. The van der Waals surface area contributed by atoms with E-state index >= 15 is 0 Å². The van der Waals surface area contributed by atoms with E-state index < -0.39 is 0 Å². The minimum atomic E-state index is 0.121. The zero-order valence-electron chi connectivity index (χ0n) is 13.8. The minimum Gasteiger partial charge on any atom is -0.377 e. The molecule has 1 aliphatic rings. The first-order valence-corrected chi connectivity index (χ1v) is 8.19. The van der Waals surface area contributed by atoms with Gasteiger partial charge in [0.05, 0.1) is 5.69 Å². The fourth-order valence-corrected chi connectivity index (χ4v) is 3.07. The number of nitrogens with zero attached hydrogens (tertiary/aromatic N) is 3. The fourth-order valence-electron chi connectivity index (χ4n) is 3.07. The van der Waals surface area contributed by atoms with Crippen molar-refractivity contribution >= 4 is 11.6 Å². The Morgan fingerprint density at radius 2 is 1.83 bits per heavy atom.